The second kappa shape index (κ2) is 6.70. The van der Waals surface area contributed by atoms with Gasteiger partial charge in [0.2, 0.25) is 0 Å². The van der Waals surface area contributed by atoms with E-state index in [4.69, 9.17) is 23.2 Å². The van der Waals surface area contributed by atoms with Crippen molar-refractivity contribution in [3.63, 3.8) is 0 Å². The van der Waals surface area contributed by atoms with E-state index in [0.29, 0.717) is 27.0 Å². The van der Waals surface area contributed by atoms with Crippen molar-refractivity contribution >= 4 is 50.8 Å². The van der Waals surface area contributed by atoms with Crippen LogP contribution in [0.4, 0.5) is 11.4 Å². The van der Waals surface area contributed by atoms with Gasteiger partial charge in [-0.05, 0) is 30.3 Å². The van der Waals surface area contributed by atoms with E-state index < -0.39 is 20.1 Å². The van der Waals surface area contributed by atoms with Crippen LogP contribution in [0.3, 0.4) is 0 Å². The molecule has 2 aromatic carbocycles. The van der Waals surface area contributed by atoms with Crippen LogP contribution >= 0.6 is 23.2 Å². The number of anilines is 1. The molecule has 0 saturated carbocycles. The summed E-state index contributed by atoms with van der Waals surface area (Å²) in [6.45, 7) is 0. The van der Waals surface area contributed by atoms with Crippen molar-refractivity contribution in [1.82, 2.24) is 3.89 Å². The summed E-state index contributed by atoms with van der Waals surface area (Å²) in [5.74, 6) is -0.428. The molecule has 0 aromatic heterocycles. The van der Waals surface area contributed by atoms with Gasteiger partial charge in [-0.25, -0.2) is 4.55 Å². The SMILES string of the molecule is C[N+](C)(c1ccc(C(=O)Nc2cc(Cl)ccc2Cl)cc1)S(=O)(=O)O. The molecule has 0 heterocycles. The zero-order valence-corrected chi connectivity index (χ0v) is 15.2. The minimum absolute atomic E-state index is 0.296. The number of halogens is 2. The fraction of sp³-hybridized carbons (Fsp3) is 0.133. The van der Waals surface area contributed by atoms with E-state index in [9.17, 15) is 17.8 Å². The van der Waals surface area contributed by atoms with Crippen LogP contribution in [0.2, 0.25) is 10.0 Å². The number of hydrogen-bond donors (Lipinski definition) is 2. The molecule has 128 valence electrons. The van der Waals surface area contributed by atoms with Gasteiger partial charge in [0, 0.05) is 22.7 Å². The number of quaternary nitrogens is 1. The van der Waals surface area contributed by atoms with E-state index in [1.54, 1.807) is 12.1 Å². The smallest absolute Gasteiger partial charge is 0.321 e. The van der Waals surface area contributed by atoms with Gasteiger partial charge in [-0.15, -0.1) is 8.42 Å². The Hall–Kier alpha value is -1.64. The average Bonchev–Trinajstić information content (AvgIpc) is 2.50. The standard InChI is InChI=1S/C15H14Cl2N2O4S/c1-19(2,24(21,22)23)12-6-3-10(4-7-12)15(20)18-14-9-11(16)5-8-13(14)17/h3-9H,1-2H3,(H-,18,20,21,22,23)/p+1. The monoisotopic (exact) mass is 389 g/mol. The van der Waals surface area contributed by atoms with Crippen LogP contribution in [0.25, 0.3) is 0 Å². The molecule has 0 aliphatic heterocycles. The van der Waals surface area contributed by atoms with Crippen LogP contribution in [-0.4, -0.2) is 33.0 Å². The lowest BCUT2D eigenvalue weighted by atomic mass is 10.2. The Bertz CT molecular complexity index is 881. The third kappa shape index (κ3) is 3.88. The van der Waals surface area contributed by atoms with Crippen molar-refractivity contribution < 1.29 is 17.8 Å². The molecular weight excluding hydrogens is 375 g/mol. The molecule has 0 atom stereocenters. The molecule has 2 rings (SSSR count). The molecule has 6 nitrogen and oxygen atoms in total. The molecule has 0 saturated heterocycles. The lowest BCUT2D eigenvalue weighted by Crippen LogP contribution is -2.45. The lowest BCUT2D eigenvalue weighted by molar-refractivity contribution is 0.102. The molecule has 0 bridgehead atoms. The molecule has 2 aromatic rings. The molecule has 1 amide bonds. The summed E-state index contributed by atoms with van der Waals surface area (Å²) in [7, 11) is -1.71. The normalized spacial score (nSPS) is 12.0. The molecule has 0 aliphatic carbocycles. The van der Waals surface area contributed by atoms with Crippen molar-refractivity contribution in [2.24, 2.45) is 0 Å². The summed E-state index contributed by atoms with van der Waals surface area (Å²) in [6, 6.07) is 10.5. The molecule has 2 N–H and O–H groups in total. The first kappa shape index (κ1) is 18.7. The fourth-order valence-corrected chi connectivity index (χ4v) is 2.62. The molecule has 0 aliphatic rings. The number of carbonyl (C=O) groups excluding carboxylic acids is 1. The van der Waals surface area contributed by atoms with Crippen molar-refractivity contribution in [1.29, 1.82) is 0 Å². The predicted octanol–water partition coefficient (Wildman–Crippen LogP) is 3.62. The predicted molar refractivity (Wildman–Crippen MR) is 96.0 cm³/mol. The summed E-state index contributed by atoms with van der Waals surface area (Å²) < 4.78 is 31.3. The van der Waals surface area contributed by atoms with E-state index in [-0.39, 0.29) is 0 Å². The van der Waals surface area contributed by atoms with E-state index >= 15 is 0 Å². The van der Waals surface area contributed by atoms with Gasteiger partial charge in [-0.2, -0.15) is 3.89 Å². The van der Waals surface area contributed by atoms with Gasteiger partial charge in [-0.3, -0.25) is 4.79 Å². The van der Waals surface area contributed by atoms with Crippen molar-refractivity contribution in [3.8, 4) is 0 Å². The number of nitrogens with zero attached hydrogens (tertiary/aromatic N) is 1. The number of nitrogens with one attached hydrogen (secondary N) is 1. The van der Waals surface area contributed by atoms with Gasteiger partial charge in [0.05, 0.1) is 24.8 Å². The van der Waals surface area contributed by atoms with Crippen LogP contribution in [0.1, 0.15) is 10.4 Å². The van der Waals surface area contributed by atoms with Crippen LogP contribution < -0.4 is 9.21 Å². The minimum atomic E-state index is -4.34. The maximum absolute atomic E-state index is 12.2. The Morgan fingerprint density at radius 3 is 2.21 bits per heavy atom. The van der Waals surface area contributed by atoms with E-state index in [0.717, 1.165) is 0 Å². The third-order valence-corrected chi connectivity index (χ3v) is 5.43. The Morgan fingerprint density at radius 2 is 1.67 bits per heavy atom. The summed E-state index contributed by atoms with van der Waals surface area (Å²) in [5.41, 5.74) is 0.965. The second-order valence-electron chi connectivity index (χ2n) is 5.42. The first-order chi connectivity index (χ1) is 11.0. The second-order valence-corrected chi connectivity index (χ2v) is 8.08. The lowest BCUT2D eigenvalue weighted by Gasteiger charge is -2.23. The maximum atomic E-state index is 12.2. The van der Waals surface area contributed by atoms with Crippen LogP contribution in [0.5, 0.6) is 0 Å². The molecule has 24 heavy (non-hydrogen) atoms. The Morgan fingerprint density at radius 1 is 1.08 bits per heavy atom. The summed E-state index contributed by atoms with van der Waals surface area (Å²) in [4.78, 5) is 12.2. The largest absolute Gasteiger partial charge is 0.437 e. The topological polar surface area (TPSA) is 83.5 Å². The third-order valence-electron chi connectivity index (χ3n) is 3.50. The number of benzene rings is 2. The highest BCUT2D eigenvalue weighted by molar-refractivity contribution is 7.85. The van der Waals surface area contributed by atoms with Crippen LogP contribution in [-0.2, 0) is 10.3 Å². The maximum Gasteiger partial charge on any atom is 0.437 e. The number of hydrogen-bond acceptors (Lipinski definition) is 3. The van der Waals surface area contributed by atoms with Gasteiger partial charge in [0.1, 0.15) is 5.69 Å². The Balaban J connectivity index is 2.25. The number of amides is 1. The van der Waals surface area contributed by atoms with E-state index in [1.165, 1.54) is 44.4 Å². The molecule has 0 unspecified atom stereocenters. The Labute approximate surface area is 150 Å². The van der Waals surface area contributed by atoms with Crippen molar-refractivity contribution in [2.75, 3.05) is 19.4 Å². The van der Waals surface area contributed by atoms with Crippen molar-refractivity contribution in [3.05, 3.63) is 58.1 Å². The first-order valence-electron chi connectivity index (χ1n) is 6.71. The highest BCUT2D eigenvalue weighted by Crippen LogP contribution is 2.27. The molecular formula is C15H15Cl2N2O4S+. The molecule has 0 fully saturated rings. The highest BCUT2D eigenvalue weighted by Gasteiger charge is 2.33. The first-order valence-corrected chi connectivity index (χ1v) is 8.86. The van der Waals surface area contributed by atoms with Crippen LogP contribution in [0.15, 0.2) is 42.5 Å². The minimum Gasteiger partial charge on any atom is -0.321 e. The summed E-state index contributed by atoms with van der Waals surface area (Å²) in [5, 5.41) is 3.40. The van der Waals surface area contributed by atoms with E-state index in [2.05, 4.69) is 5.32 Å². The highest BCUT2D eigenvalue weighted by atomic mass is 35.5. The van der Waals surface area contributed by atoms with Gasteiger partial charge in [-0.1, -0.05) is 23.2 Å². The van der Waals surface area contributed by atoms with Crippen molar-refractivity contribution in [2.45, 2.75) is 0 Å². The average molecular weight is 390 g/mol. The van der Waals surface area contributed by atoms with Gasteiger partial charge in [0.25, 0.3) is 5.91 Å². The fourth-order valence-electron chi connectivity index (χ4n) is 1.89. The zero-order valence-electron chi connectivity index (χ0n) is 12.8. The van der Waals surface area contributed by atoms with E-state index in [1.807, 2.05) is 0 Å². The van der Waals surface area contributed by atoms with Crippen LogP contribution in [0, 0.1) is 0 Å². The molecule has 0 spiro atoms. The number of carbonyl (C=O) groups is 1. The number of rotatable bonds is 4. The molecule has 0 radical (unpaired) electrons. The summed E-state index contributed by atoms with van der Waals surface area (Å²) >= 11 is 11.9. The van der Waals surface area contributed by atoms with Gasteiger partial charge in [0.15, 0.2) is 0 Å². The summed E-state index contributed by atoms with van der Waals surface area (Å²) in [6.07, 6.45) is 0. The van der Waals surface area contributed by atoms with Gasteiger partial charge >= 0.3 is 10.3 Å². The van der Waals surface area contributed by atoms with Gasteiger partial charge < -0.3 is 5.32 Å². The quantitative estimate of drug-likeness (QED) is 0.617. The zero-order chi connectivity index (χ0) is 18.1. The molecule has 9 heteroatoms. The Kier molecular flexibility index (Phi) is 5.22.